The van der Waals surface area contributed by atoms with Crippen molar-refractivity contribution in [2.24, 2.45) is 0 Å². The number of hydrogen-bond acceptors (Lipinski definition) is 4. The number of pyridine rings is 2. The van der Waals surface area contributed by atoms with Crippen LogP contribution in [-0.4, -0.2) is 63.9 Å². The van der Waals surface area contributed by atoms with Gasteiger partial charge in [-0.3, -0.25) is 9.20 Å². The van der Waals surface area contributed by atoms with Crippen molar-refractivity contribution >= 4 is 22.6 Å². The molecule has 1 aliphatic heterocycles. The Balaban J connectivity index is 1.72. The van der Waals surface area contributed by atoms with E-state index in [9.17, 15) is 18.0 Å². The van der Waals surface area contributed by atoms with Crippen LogP contribution < -0.4 is 4.90 Å². The summed E-state index contributed by atoms with van der Waals surface area (Å²) in [4.78, 5) is 20.9. The molecule has 4 aromatic rings. The Morgan fingerprint density at radius 3 is 2.52 bits per heavy atom. The number of rotatable bonds is 3. The Kier molecular flexibility index (Phi) is 4.51. The van der Waals surface area contributed by atoms with Gasteiger partial charge in [-0.15, -0.1) is 0 Å². The van der Waals surface area contributed by atoms with Crippen molar-refractivity contribution in [3.8, 4) is 11.3 Å². The Labute approximate surface area is 176 Å². The van der Waals surface area contributed by atoms with Crippen molar-refractivity contribution in [3.63, 3.8) is 0 Å². The zero-order valence-electron chi connectivity index (χ0n) is 16.8. The molecule has 1 fully saturated rings. The van der Waals surface area contributed by atoms with Crippen LogP contribution in [0.3, 0.4) is 0 Å². The number of fused-ring (bicyclic) bond motifs is 2. The summed E-state index contributed by atoms with van der Waals surface area (Å²) in [7, 11) is 2.06. The number of carbonyl (C=O) groups excluding carboxylic acids is 1. The SMILES string of the molecule is CN1CCN(c2ccn3c(C(=O)C(F)(F)F)cc(-c4cccc5nccn45)c3c2)CC1. The Morgan fingerprint density at radius 1 is 1.00 bits per heavy atom. The van der Waals surface area contributed by atoms with Gasteiger partial charge < -0.3 is 14.2 Å². The van der Waals surface area contributed by atoms with Crippen LogP contribution in [0.5, 0.6) is 0 Å². The van der Waals surface area contributed by atoms with E-state index in [4.69, 9.17) is 0 Å². The van der Waals surface area contributed by atoms with Crippen molar-refractivity contribution in [2.45, 2.75) is 6.18 Å². The van der Waals surface area contributed by atoms with Crippen LogP contribution in [0.1, 0.15) is 10.5 Å². The molecule has 0 amide bonds. The first kappa shape index (κ1) is 19.6. The van der Waals surface area contributed by atoms with Gasteiger partial charge in [0, 0.05) is 56.0 Å². The van der Waals surface area contributed by atoms with Crippen LogP contribution in [0.15, 0.2) is 55.0 Å². The van der Waals surface area contributed by atoms with E-state index in [0.29, 0.717) is 22.4 Å². The summed E-state index contributed by atoms with van der Waals surface area (Å²) in [5.74, 6) is -1.86. The number of carbonyl (C=O) groups is 1. The summed E-state index contributed by atoms with van der Waals surface area (Å²) in [5.41, 5.74) is 2.96. The molecule has 1 saturated heterocycles. The van der Waals surface area contributed by atoms with Gasteiger partial charge in [0.05, 0.1) is 16.9 Å². The molecule has 0 aromatic carbocycles. The number of hydrogen-bond donors (Lipinski definition) is 0. The molecule has 6 nitrogen and oxygen atoms in total. The van der Waals surface area contributed by atoms with Crippen LogP contribution >= 0.6 is 0 Å². The van der Waals surface area contributed by atoms with E-state index in [1.165, 1.54) is 10.5 Å². The summed E-state index contributed by atoms with van der Waals surface area (Å²) >= 11 is 0. The highest BCUT2D eigenvalue weighted by atomic mass is 19.4. The molecular formula is C22H20F3N5O. The number of aromatic nitrogens is 3. The predicted molar refractivity (Wildman–Crippen MR) is 112 cm³/mol. The third-order valence-electron chi connectivity index (χ3n) is 5.82. The molecule has 31 heavy (non-hydrogen) atoms. The van der Waals surface area contributed by atoms with E-state index in [0.717, 1.165) is 31.9 Å². The number of likely N-dealkylation sites (N-methyl/N-ethyl adjacent to an activating group) is 1. The van der Waals surface area contributed by atoms with Crippen LogP contribution in [0.2, 0.25) is 0 Å². The molecule has 0 atom stereocenters. The highest BCUT2D eigenvalue weighted by molar-refractivity contribution is 6.03. The van der Waals surface area contributed by atoms with Gasteiger partial charge >= 0.3 is 6.18 Å². The maximum absolute atomic E-state index is 13.3. The molecule has 9 heteroatoms. The van der Waals surface area contributed by atoms with Crippen LogP contribution in [-0.2, 0) is 0 Å². The van der Waals surface area contributed by atoms with Crippen molar-refractivity contribution in [2.75, 3.05) is 38.1 Å². The first-order valence-corrected chi connectivity index (χ1v) is 9.95. The van der Waals surface area contributed by atoms with E-state index in [2.05, 4.69) is 21.8 Å². The van der Waals surface area contributed by atoms with Gasteiger partial charge in [-0.25, -0.2) is 4.98 Å². The highest BCUT2D eigenvalue weighted by Crippen LogP contribution is 2.34. The topological polar surface area (TPSA) is 45.3 Å². The molecule has 1 aliphatic rings. The van der Waals surface area contributed by atoms with Gasteiger partial charge in [-0.1, -0.05) is 6.07 Å². The third kappa shape index (κ3) is 3.34. The summed E-state index contributed by atoms with van der Waals surface area (Å²) in [6.45, 7) is 3.47. The minimum Gasteiger partial charge on any atom is -0.369 e. The summed E-state index contributed by atoms with van der Waals surface area (Å²) in [6, 6.07) is 10.4. The Morgan fingerprint density at radius 2 is 1.77 bits per heavy atom. The fourth-order valence-electron chi connectivity index (χ4n) is 4.14. The highest BCUT2D eigenvalue weighted by Gasteiger charge is 2.41. The number of nitrogens with zero attached hydrogens (tertiary/aromatic N) is 5. The molecule has 4 aromatic heterocycles. The molecule has 0 unspecified atom stereocenters. The largest absolute Gasteiger partial charge is 0.456 e. The Bertz CT molecular complexity index is 1280. The van der Waals surface area contributed by atoms with Crippen LogP contribution in [0.4, 0.5) is 18.9 Å². The molecule has 0 spiro atoms. The average Bonchev–Trinajstić information content (AvgIpc) is 3.37. The molecule has 160 valence electrons. The van der Waals surface area contributed by atoms with Crippen molar-refractivity contribution < 1.29 is 18.0 Å². The maximum atomic E-state index is 13.3. The van der Waals surface area contributed by atoms with Crippen LogP contribution in [0, 0.1) is 0 Å². The van der Waals surface area contributed by atoms with E-state index >= 15 is 0 Å². The van der Waals surface area contributed by atoms with Crippen molar-refractivity contribution in [3.05, 3.63) is 60.7 Å². The van der Waals surface area contributed by atoms with Gasteiger partial charge in [0.2, 0.25) is 0 Å². The molecule has 0 bridgehead atoms. The lowest BCUT2D eigenvalue weighted by molar-refractivity contribution is -0.0888. The second-order valence-electron chi connectivity index (χ2n) is 7.77. The number of imidazole rings is 1. The minimum absolute atomic E-state index is 0.403. The number of ketones is 1. The zero-order valence-corrected chi connectivity index (χ0v) is 16.8. The lowest BCUT2D eigenvalue weighted by atomic mass is 10.1. The van der Waals surface area contributed by atoms with Crippen molar-refractivity contribution in [1.82, 2.24) is 18.7 Å². The van der Waals surface area contributed by atoms with E-state index in [1.54, 1.807) is 35.1 Å². The second-order valence-corrected chi connectivity index (χ2v) is 7.77. The van der Waals surface area contributed by atoms with E-state index in [-0.39, 0.29) is 0 Å². The lowest BCUT2D eigenvalue weighted by Crippen LogP contribution is -2.44. The second kappa shape index (κ2) is 7.12. The maximum Gasteiger partial charge on any atom is 0.456 e. The molecule has 0 aliphatic carbocycles. The number of anilines is 1. The normalized spacial score (nSPS) is 15.8. The summed E-state index contributed by atoms with van der Waals surface area (Å²) in [5, 5.41) is 0. The standard InChI is InChI=1S/C22H20F3N5O/c1-27-9-11-28(12-10-27)15-5-7-29-18(13-15)16(14-19(29)21(31)22(23,24)25)17-3-2-4-20-26-6-8-30(17)20/h2-8,13-14H,9-12H2,1H3. The smallest absolute Gasteiger partial charge is 0.369 e. The molecule has 0 radical (unpaired) electrons. The fraction of sp³-hybridized carbons (Fsp3) is 0.273. The fourth-order valence-corrected chi connectivity index (χ4v) is 4.14. The number of alkyl halides is 3. The van der Waals surface area contributed by atoms with E-state index < -0.39 is 17.7 Å². The first-order valence-electron chi connectivity index (χ1n) is 9.95. The zero-order chi connectivity index (χ0) is 21.8. The van der Waals surface area contributed by atoms with Gasteiger partial charge in [-0.2, -0.15) is 13.2 Å². The molecule has 0 saturated carbocycles. The predicted octanol–water partition coefficient (Wildman–Crippen LogP) is 3.75. The Hall–Kier alpha value is -3.33. The monoisotopic (exact) mass is 427 g/mol. The summed E-state index contributed by atoms with van der Waals surface area (Å²) < 4.78 is 43.0. The average molecular weight is 427 g/mol. The minimum atomic E-state index is -4.96. The van der Waals surface area contributed by atoms with Gasteiger partial charge in [0.25, 0.3) is 5.78 Å². The third-order valence-corrected chi connectivity index (χ3v) is 5.82. The number of piperazine rings is 1. The number of halogens is 3. The van der Waals surface area contributed by atoms with Crippen LogP contribution in [0.25, 0.3) is 22.4 Å². The molecular weight excluding hydrogens is 407 g/mol. The molecule has 5 rings (SSSR count). The first-order chi connectivity index (χ1) is 14.8. The lowest BCUT2D eigenvalue weighted by Gasteiger charge is -2.34. The van der Waals surface area contributed by atoms with Gasteiger partial charge in [0.1, 0.15) is 5.65 Å². The van der Waals surface area contributed by atoms with E-state index in [1.807, 2.05) is 18.2 Å². The number of Topliss-reactive ketones (excluding diaryl/α,β-unsaturated/α-hetero) is 1. The molecule has 0 N–H and O–H groups in total. The van der Waals surface area contributed by atoms with Crippen molar-refractivity contribution in [1.29, 1.82) is 0 Å². The quantitative estimate of drug-likeness (QED) is 0.467. The molecule has 5 heterocycles. The van der Waals surface area contributed by atoms with Gasteiger partial charge in [-0.05, 0) is 37.4 Å². The summed E-state index contributed by atoms with van der Waals surface area (Å²) in [6.07, 6.45) is -0.0134. The van der Waals surface area contributed by atoms with Gasteiger partial charge in [0.15, 0.2) is 0 Å².